The van der Waals surface area contributed by atoms with Crippen LogP contribution < -0.4 is 0 Å². The molecule has 0 aliphatic rings. The molecule has 0 saturated carbocycles. The molecule has 0 bridgehead atoms. The van der Waals surface area contributed by atoms with Crippen molar-refractivity contribution in [3.8, 4) is 0 Å². The van der Waals surface area contributed by atoms with Crippen LogP contribution in [0.3, 0.4) is 0 Å². The molecule has 0 aromatic carbocycles. The summed E-state index contributed by atoms with van der Waals surface area (Å²) < 4.78 is 4.76. The molecule has 0 atom stereocenters. The Morgan fingerprint density at radius 3 is 1.50 bits per heavy atom. The van der Waals surface area contributed by atoms with Gasteiger partial charge >= 0.3 is 11.9 Å². The summed E-state index contributed by atoms with van der Waals surface area (Å²) in [6.45, 7) is 4.28. The summed E-state index contributed by atoms with van der Waals surface area (Å²) in [6.07, 6.45) is 11.8. The van der Waals surface area contributed by atoms with E-state index in [1.54, 1.807) is 0 Å². The van der Waals surface area contributed by atoms with Gasteiger partial charge in [-0.3, -0.25) is 9.59 Å². The van der Waals surface area contributed by atoms with Gasteiger partial charge in [-0.25, -0.2) is 0 Å². The Labute approximate surface area is 137 Å². The van der Waals surface area contributed by atoms with Crippen LogP contribution >= 0.6 is 0 Å². The summed E-state index contributed by atoms with van der Waals surface area (Å²) in [5, 5.41) is 0. The molecule has 0 rings (SSSR count). The maximum atomic E-state index is 11.4. The van der Waals surface area contributed by atoms with Gasteiger partial charge in [-0.15, -0.1) is 0 Å². The maximum absolute atomic E-state index is 11.4. The largest absolute Gasteiger partial charge is 0.393 e. The fraction of sp³-hybridized carbons (Fsp3) is 0.875. The summed E-state index contributed by atoms with van der Waals surface area (Å²) >= 11 is 0. The van der Waals surface area contributed by atoms with Crippen molar-refractivity contribution in [1.82, 2.24) is 0 Å². The zero-order valence-corrected chi connectivity index (χ0v) is 16.4. The van der Waals surface area contributed by atoms with Gasteiger partial charge in [0.15, 0.2) is 0 Å². The van der Waals surface area contributed by atoms with Gasteiger partial charge in [0, 0.05) is 32.3 Å². The number of unbranched alkanes of at least 4 members (excludes halogenated alkanes) is 8. The standard InChI is InChI=1S/C16H30O3.Zn/c1-3-5-7-8-9-10-12-14-16(18)19-15(17)13-11-6-4-2;/h3-14H2,1-2H3;. The van der Waals surface area contributed by atoms with Gasteiger partial charge in [0.1, 0.15) is 0 Å². The third kappa shape index (κ3) is 15.8. The number of hydrogen-bond donors (Lipinski definition) is 0. The number of carbonyl (C=O) groups excluding carboxylic acids is 2. The topological polar surface area (TPSA) is 43.4 Å². The minimum atomic E-state index is -0.360. The molecule has 0 heterocycles. The number of ether oxygens (including phenoxy) is 1. The molecule has 114 valence electrons. The molecule has 0 aromatic rings. The van der Waals surface area contributed by atoms with E-state index < -0.39 is 0 Å². The van der Waals surface area contributed by atoms with Crippen molar-refractivity contribution in [2.24, 2.45) is 0 Å². The van der Waals surface area contributed by atoms with Crippen molar-refractivity contribution in [2.75, 3.05) is 0 Å². The normalized spacial score (nSPS) is 9.90. The van der Waals surface area contributed by atoms with E-state index in [0.29, 0.717) is 12.8 Å². The van der Waals surface area contributed by atoms with Crippen LogP contribution in [0.15, 0.2) is 0 Å². The zero-order valence-electron chi connectivity index (χ0n) is 13.4. The summed E-state index contributed by atoms with van der Waals surface area (Å²) in [6, 6.07) is 0. The van der Waals surface area contributed by atoms with Crippen LogP contribution in [0.1, 0.15) is 90.9 Å². The van der Waals surface area contributed by atoms with E-state index in [1.807, 2.05) is 0 Å². The van der Waals surface area contributed by atoms with Gasteiger partial charge in [-0.05, 0) is 12.8 Å². The van der Waals surface area contributed by atoms with Gasteiger partial charge in [-0.1, -0.05) is 65.2 Å². The predicted molar refractivity (Wildman–Crippen MR) is 77.9 cm³/mol. The first-order valence-electron chi connectivity index (χ1n) is 7.94. The second-order valence-corrected chi connectivity index (χ2v) is 5.17. The Kier molecular flexibility index (Phi) is 18.5. The van der Waals surface area contributed by atoms with Crippen molar-refractivity contribution in [3.05, 3.63) is 0 Å². The first-order chi connectivity index (χ1) is 9.20. The predicted octanol–water partition coefficient (Wildman–Crippen LogP) is 4.77. The van der Waals surface area contributed by atoms with Crippen LogP contribution in [-0.4, -0.2) is 11.9 Å². The Morgan fingerprint density at radius 1 is 0.650 bits per heavy atom. The molecule has 0 aromatic heterocycles. The average molecular weight is 336 g/mol. The molecule has 3 nitrogen and oxygen atoms in total. The van der Waals surface area contributed by atoms with E-state index in [9.17, 15) is 9.59 Å². The molecule has 0 unspecified atom stereocenters. The third-order valence-corrected chi connectivity index (χ3v) is 3.20. The van der Waals surface area contributed by atoms with E-state index in [0.717, 1.165) is 32.1 Å². The van der Waals surface area contributed by atoms with Crippen LogP contribution in [0, 0.1) is 0 Å². The molecular formula is C16H30O3Zn. The van der Waals surface area contributed by atoms with Crippen molar-refractivity contribution >= 4 is 11.9 Å². The summed E-state index contributed by atoms with van der Waals surface area (Å²) in [5.41, 5.74) is 0. The maximum Gasteiger partial charge on any atom is 0.313 e. The van der Waals surface area contributed by atoms with E-state index in [1.165, 1.54) is 32.1 Å². The number of rotatable bonds is 12. The Bertz CT molecular complexity index is 242. The zero-order chi connectivity index (χ0) is 14.3. The van der Waals surface area contributed by atoms with Crippen molar-refractivity contribution in [3.63, 3.8) is 0 Å². The monoisotopic (exact) mass is 334 g/mol. The number of hydrogen-bond acceptors (Lipinski definition) is 3. The fourth-order valence-electron chi connectivity index (χ4n) is 1.97. The number of esters is 2. The van der Waals surface area contributed by atoms with Gasteiger partial charge in [0.05, 0.1) is 0 Å². The fourth-order valence-corrected chi connectivity index (χ4v) is 1.97. The SMILES string of the molecule is CCCCCCCCCC(=O)OC(=O)CCCCC.[Zn]. The van der Waals surface area contributed by atoms with Crippen LogP contribution in [0.2, 0.25) is 0 Å². The average Bonchev–Trinajstić information content (AvgIpc) is 2.38. The summed E-state index contributed by atoms with van der Waals surface area (Å²) in [5.74, 6) is -0.712. The van der Waals surface area contributed by atoms with Gasteiger partial charge in [-0.2, -0.15) is 0 Å². The van der Waals surface area contributed by atoms with E-state index in [2.05, 4.69) is 13.8 Å². The van der Waals surface area contributed by atoms with Crippen molar-refractivity contribution in [1.29, 1.82) is 0 Å². The molecule has 0 radical (unpaired) electrons. The molecule has 20 heavy (non-hydrogen) atoms. The Hall–Kier alpha value is -0.237. The van der Waals surface area contributed by atoms with E-state index in [-0.39, 0.29) is 31.4 Å². The first-order valence-corrected chi connectivity index (χ1v) is 7.94. The van der Waals surface area contributed by atoms with E-state index in [4.69, 9.17) is 4.74 Å². The van der Waals surface area contributed by atoms with Crippen LogP contribution in [0.5, 0.6) is 0 Å². The minimum absolute atomic E-state index is 0. The molecule has 0 amide bonds. The number of carbonyl (C=O) groups is 2. The smallest absolute Gasteiger partial charge is 0.313 e. The Morgan fingerprint density at radius 2 is 1.00 bits per heavy atom. The minimum Gasteiger partial charge on any atom is -0.393 e. The quantitative estimate of drug-likeness (QED) is 0.223. The van der Waals surface area contributed by atoms with Crippen LogP contribution in [0.25, 0.3) is 0 Å². The molecule has 0 fully saturated rings. The molecule has 0 N–H and O–H groups in total. The van der Waals surface area contributed by atoms with Gasteiger partial charge in [0.2, 0.25) is 0 Å². The molecular weight excluding hydrogens is 306 g/mol. The molecule has 0 aliphatic heterocycles. The summed E-state index contributed by atoms with van der Waals surface area (Å²) in [7, 11) is 0. The van der Waals surface area contributed by atoms with Crippen molar-refractivity contribution < 1.29 is 33.8 Å². The van der Waals surface area contributed by atoms with Crippen LogP contribution in [0.4, 0.5) is 0 Å². The van der Waals surface area contributed by atoms with Gasteiger partial charge < -0.3 is 4.74 Å². The second-order valence-electron chi connectivity index (χ2n) is 5.17. The van der Waals surface area contributed by atoms with Crippen LogP contribution in [-0.2, 0) is 33.8 Å². The first kappa shape index (κ1) is 22.1. The molecule has 0 saturated heterocycles. The molecule has 0 spiro atoms. The molecule has 4 heteroatoms. The van der Waals surface area contributed by atoms with Gasteiger partial charge in [0.25, 0.3) is 0 Å². The van der Waals surface area contributed by atoms with E-state index >= 15 is 0 Å². The second kappa shape index (κ2) is 16.8. The van der Waals surface area contributed by atoms with Crippen molar-refractivity contribution in [2.45, 2.75) is 90.9 Å². The Balaban J connectivity index is 0. The summed E-state index contributed by atoms with van der Waals surface area (Å²) in [4.78, 5) is 22.7. The molecule has 0 aliphatic carbocycles. The third-order valence-electron chi connectivity index (χ3n) is 3.20.